The van der Waals surface area contributed by atoms with Crippen molar-refractivity contribution in [2.75, 3.05) is 14.2 Å². The molecule has 0 aliphatic carbocycles. The zero-order valence-electron chi connectivity index (χ0n) is 10.9. The summed E-state index contributed by atoms with van der Waals surface area (Å²) in [5.74, 6) is 0.464. The van der Waals surface area contributed by atoms with Crippen molar-refractivity contribution in [2.24, 2.45) is 5.92 Å². The molecule has 3 nitrogen and oxygen atoms in total. The molecule has 1 fully saturated rings. The average Bonchev–Trinajstić information content (AvgIpc) is 2.00. The van der Waals surface area contributed by atoms with E-state index in [1.165, 1.54) is 0 Å². The number of nitrogens with one attached hydrogen (secondary N) is 1. The van der Waals surface area contributed by atoms with Crippen LogP contribution in [0, 0.1) is 5.92 Å². The molecule has 1 aliphatic heterocycles. The summed E-state index contributed by atoms with van der Waals surface area (Å²) >= 11 is 0. The lowest BCUT2D eigenvalue weighted by Crippen LogP contribution is -2.59. The van der Waals surface area contributed by atoms with Crippen LogP contribution in [0.1, 0.15) is 40.5 Å². The Morgan fingerprint density at radius 2 is 1.40 bits per heavy atom. The van der Waals surface area contributed by atoms with Crippen LogP contribution in [0.5, 0.6) is 0 Å². The van der Waals surface area contributed by atoms with Gasteiger partial charge in [0, 0.05) is 31.2 Å². The Balaban J connectivity index is 2.74. The predicted octanol–water partition coefficient (Wildman–Crippen LogP) is 2.16. The highest BCUT2D eigenvalue weighted by Gasteiger charge is 2.40. The van der Waals surface area contributed by atoms with Gasteiger partial charge in [-0.15, -0.1) is 0 Å². The van der Waals surface area contributed by atoms with Crippen LogP contribution in [-0.4, -0.2) is 31.6 Å². The Hall–Kier alpha value is -0.120. The molecule has 0 unspecified atom stereocenters. The smallest absolute Gasteiger partial charge is 0.159 e. The Labute approximate surface area is 93.5 Å². The molecule has 3 heteroatoms. The summed E-state index contributed by atoms with van der Waals surface area (Å²) in [6.45, 7) is 8.96. The molecule has 0 spiro atoms. The SMILES string of the molecule is COC(OC)C1CC(C)(C)NC(C)(C)C1. The molecule has 0 amide bonds. The van der Waals surface area contributed by atoms with Gasteiger partial charge in [-0.25, -0.2) is 0 Å². The predicted molar refractivity (Wildman–Crippen MR) is 61.8 cm³/mol. The third-order valence-electron chi connectivity index (χ3n) is 3.07. The minimum absolute atomic E-state index is 0.0781. The molecule has 15 heavy (non-hydrogen) atoms. The summed E-state index contributed by atoms with van der Waals surface area (Å²) in [4.78, 5) is 0. The number of hydrogen-bond donors (Lipinski definition) is 1. The molecule has 0 aromatic rings. The molecule has 1 aliphatic rings. The summed E-state index contributed by atoms with van der Waals surface area (Å²) in [7, 11) is 3.44. The minimum Gasteiger partial charge on any atom is -0.356 e. The first-order valence-electron chi connectivity index (χ1n) is 5.64. The molecule has 90 valence electrons. The van der Waals surface area contributed by atoms with Gasteiger partial charge in [0.05, 0.1) is 0 Å². The molecule has 0 atom stereocenters. The first-order chi connectivity index (χ1) is 6.79. The lowest BCUT2D eigenvalue weighted by atomic mass is 9.75. The van der Waals surface area contributed by atoms with E-state index in [0.717, 1.165) is 12.8 Å². The summed E-state index contributed by atoms with van der Waals surface area (Å²) in [5, 5.41) is 3.65. The van der Waals surface area contributed by atoms with Gasteiger partial charge in [0.1, 0.15) is 0 Å². The van der Waals surface area contributed by atoms with Crippen LogP contribution >= 0.6 is 0 Å². The molecule has 0 aromatic heterocycles. The highest BCUT2D eigenvalue weighted by atomic mass is 16.7. The van der Waals surface area contributed by atoms with Gasteiger partial charge in [-0.2, -0.15) is 0 Å². The maximum absolute atomic E-state index is 5.38. The van der Waals surface area contributed by atoms with Crippen LogP contribution in [-0.2, 0) is 9.47 Å². The van der Waals surface area contributed by atoms with Crippen molar-refractivity contribution in [2.45, 2.75) is 57.9 Å². The number of methoxy groups -OCH3 is 2. The lowest BCUT2D eigenvalue weighted by Gasteiger charge is -2.47. The molecular weight excluding hydrogens is 190 g/mol. The van der Waals surface area contributed by atoms with E-state index in [1.54, 1.807) is 14.2 Å². The van der Waals surface area contributed by atoms with Crippen molar-refractivity contribution < 1.29 is 9.47 Å². The van der Waals surface area contributed by atoms with Gasteiger partial charge in [-0.3, -0.25) is 0 Å². The Morgan fingerprint density at radius 1 is 1.00 bits per heavy atom. The van der Waals surface area contributed by atoms with E-state index in [9.17, 15) is 0 Å². The van der Waals surface area contributed by atoms with Crippen molar-refractivity contribution in [3.63, 3.8) is 0 Å². The molecule has 1 heterocycles. The van der Waals surface area contributed by atoms with Crippen LogP contribution in [0.3, 0.4) is 0 Å². The van der Waals surface area contributed by atoms with Crippen LogP contribution in [0.15, 0.2) is 0 Å². The van der Waals surface area contributed by atoms with Crippen molar-refractivity contribution >= 4 is 0 Å². The van der Waals surface area contributed by atoms with Gasteiger partial charge in [0.25, 0.3) is 0 Å². The van der Waals surface area contributed by atoms with E-state index in [0.29, 0.717) is 5.92 Å². The molecule has 1 N–H and O–H groups in total. The zero-order chi connectivity index (χ0) is 11.7. The Morgan fingerprint density at radius 3 is 1.73 bits per heavy atom. The van der Waals surface area contributed by atoms with E-state index in [-0.39, 0.29) is 17.4 Å². The zero-order valence-corrected chi connectivity index (χ0v) is 10.9. The van der Waals surface area contributed by atoms with Crippen LogP contribution < -0.4 is 5.32 Å². The quantitative estimate of drug-likeness (QED) is 0.732. The Kier molecular flexibility index (Phi) is 3.80. The second kappa shape index (κ2) is 4.40. The van der Waals surface area contributed by atoms with Crippen molar-refractivity contribution in [3.05, 3.63) is 0 Å². The van der Waals surface area contributed by atoms with Crippen LogP contribution in [0.4, 0.5) is 0 Å². The van der Waals surface area contributed by atoms with E-state index < -0.39 is 0 Å². The molecule has 0 bridgehead atoms. The first kappa shape index (κ1) is 12.9. The van der Waals surface area contributed by atoms with Gasteiger partial charge in [0.2, 0.25) is 0 Å². The van der Waals surface area contributed by atoms with Gasteiger partial charge >= 0.3 is 0 Å². The van der Waals surface area contributed by atoms with E-state index in [2.05, 4.69) is 33.0 Å². The van der Waals surface area contributed by atoms with Crippen LogP contribution in [0.2, 0.25) is 0 Å². The largest absolute Gasteiger partial charge is 0.356 e. The van der Waals surface area contributed by atoms with Gasteiger partial charge in [-0.1, -0.05) is 0 Å². The van der Waals surface area contributed by atoms with E-state index in [4.69, 9.17) is 9.47 Å². The third kappa shape index (κ3) is 3.44. The first-order valence-corrected chi connectivity index (χ1v) is 5.64. The fraction of sp³-hybridized carbons (Fsp3) is 1.00. The van der Waals surface area contributed by atoms with Crippen molar-refractivity contribution in [1.82, 2.24) is 5.32 Å². The number of piperidine rings is 1. The van der Waals surface area contributed by atoms with E-state index >= 15 is 0 Å². The maximum Gasteiger partial charge on any atom is 0.159 e. The summed E-state index contributed by atoms with van der Waals surface area (Å²) in [5.41, 5.74) is 0.309. The molecule has 1 rings (SSSR count). The van der Waals surface area contributed by atoms with Crippen molar-refractivity contribution in [3.8, 4) is 0 Å². The lowest BCUT2D eigenvalue weighted by molar-refractivity contribution is -0.155. The second-order valence-corrected chi connectivity index (χ2v) is 5.90. The average molecular weight is 215 g/mol. The topological polar surface area (TPSA) is 30.5 Å². The van der Waals surface area contributed by atoms with Crippen LogP contribution in [0.25, 0.3) is 0 Å². The van der Waals surface area contributed by atoms with E-state index in [1.807, 2.05) is 0 Å². The minimum atomic E-state index is -0.0781. The van der Waals surface area contributed by atoms with Gasteiger partial charge < -0.3 is 14.8 Å². The molecular formula is C12H25NO2. The number of hydrogen-bond acceptors (Lipinski definition) is 3. The van der Waals surface area contributed by atoms with Gasteiger partial charge in [0.15, 0.2) is 6.29 Å². The second-order valence-electron chi connectivity index (χ2n) is 5.90. The molecule has 0 saturated carbocycles. The summed E-state index contributed by atoms with van der Waals surface area (Å²) < 4.78 is 10.8. The number of ether oxygens (including phenoxy) is 2. The van der Waals surface area contributed by atoms with Gasteiger partial charge in [-0.05, 0) is 40.5 Å². The standard InChI is InChI=1S/C12H25NO2/c1-11(2)7-9(10(14-5)15-6)8-12(3,4)13-11/h9-10,13H,7-8H2,1-6H3. The highest BCUT2D eigenvalue weighted by molar-refractivity contribution is 4.97. The summed E-state index contributed by atoms with van der Waals surface area (Å²) in [6, 6.07) is 0. The summed E-state index contributed by atoms with van der Waals surface area (Å²) in [6.07, 6.45) is 2.09. The Bertz CT molecular complexity index is 194. The molecule has 0 radical (unpaired) electrons. The fourth-order valence-electron chi connectivity index (χ4n) is 3.07. The molecule has 0 aromatic carbocycles. The third-order valence-corrected chi connectivity index (χ3v) is 3.07. The van der Waals surface area contributed by atoms with Crippen molar-refractivity contribution in [1.29, 1.82) is 0 Å². The fourth-order valence-corrected chi connectivity index (χ4v) is 3.07. The highest BCUT2D eigenvalue weighted by Crippen LogP contribution is 2.35. The monoisotopic (exact) mass is 215 g/mol. The normalized spacial score (nSPS) is 25.8. The number of rotatable bonds is 3. The molecule has 1 saturated heterocycles. The maximum atomic E-state index is 5.38.